The van der Waals surface area contributed by atoms with Crippen LogP contribution < -0.4 is 0 Å². The molecule has 0 atom stereocenters. The van der Waals surface area contributed by atoms with E-state index in [4.69, 9.17) is 0 Å². The number of halogens is 5. The first-order valence-electron chi connectivity index (χ1n) is 6.12. The zero-order valence-corrected chi connectivity index (χ0v) is 12.8. The maximum atomic E-state index is 13.3. The van der Waals surface area contributed by atoms with Crippen molar-refractivity contribution in [3.05, 3.63) is 35.4 Å². The Kier molecular flexibility index (Phi) is 4.36. The first kappa shape index (κ1) is 15.9. The summed E-state index contributed by atoms with van der Waals surface area (Å²) in [5, 5.41) is 8.28. The normalized spacial score (nSPS) is 12.2. The van der Waals surface area contributed by atoms with Crippen molar-refractivity contribution in [1.82, 2.24) is 14.8 Å². The number of alkyl halides is 4. The largest absolute Gasteiger partial charge is 0.419 e. The molecule has 0 aliphatic rings. The third-order valence-corrected chi connectivity index (χ3v) is 3.43. The van der Waals surface area contributed by atoms with Gasteiger partial charge in [0, 0.05) is 11.6 Å². The molecule has 0 radical (unpaired) electrons. The lowest BCUT2D eigenvalue weighted by atomic mass is 10.1. The molecular weight excluding hydrogens is 354 g/mol. The molecule has 0 spiro atoms. The highest BCUT2D eigenvalue weighted by Crippen LogP contribution is 2.34. The Bertz CT molecular complexity index is 649. The molecular formula is C13H12BrF4N3. The minimum Gasteiger partial charge on any atom is -0.308 e. The summed E-state index contributed by atoms with van der Waals surface area (Å²) < 4.78 is 53.4. The summed E-state index contributed by atoms with van der Waals surface area (Å²) in [6.45, 7) is 3.74. The lowest BCUT2D eigenvalue weighted by Crippen LogP contribution is -2.10. The average Bonchev–Trinajstić information content (AvgIpc) is 2.81. The highest BCUT2D eigenvalue weighted by molar-refractivity contribution is 9.08. The van der Waals surface area contributed by atoms with E-state index in [1.807, 2.05) is 13.8 Å². The molecule has 3 nitrogen and oxygen atoms in total. The molecule has 0 bridgehead atoms. The van der Waals surface area contributed by atoms with E-state index in [0.717, 1.165) is 12.1 Å². The predicted octanol–water partition coefficient (Wildman–Crippen LogP) is 4.58. The molecule has 2 rings (SSSR count). The molecule has 2 aromatic rings. The molecule has 0 saturated heterocycles. The van der Waals surface area contributed by atoms with E-state index in [1.165, 1.54) is 6.07 Å². The Hall–Kier alpha value is -1.44. The topological polar surface area (TPSA) is 30.7 Å². The molecule has 0 fully saturated rings. The van der Waals surface area contributed by atoms with Crippen LogP contribution >= 0.6 is 15.9 Å². The molecule has 0 amide bonds. The van der Waals surface area contributed by atoms with Gasteiger partial charge in [0.2, 0.25) is 0 Å². The SMILES string of the molecule is CC(C)n1c(CBr)nnc1-c1ccc(F)c(C(F)(F)F)c1. The number of aromatic nitrogens is 3. The van der Waals surface area contributed by atoms with E-state index in [-0.39, 0.29) is 17.4 Å². The van der Waals surface area contributed by atoms with Crippen LogP contribution in [0, 0.1) is 5.82 Å². The fourth-order valence-corrected chi connectivity index (χ4v) is 2.42. The summed E-state index contributed by atoms with van der Waals surface area (Å²) in [6.07, 6.45) is -4.75. The van der Waals surface area contributed by atoms with Gasteiger partial charge in [0.15, 0.2) is 5.82 Å². The van der Waals surface area contributed by atoms with Crippen LogP contribution in [0.2, 0.25) is 0 Å². The van der Waals surface area contributed by atoms with Gasteiger partial charge < -0.3 is 4.57 Å². The Labute approximate surface area is 127 Å². The van der Waals surface area contributed by atoms with E-state index in [0.29, 0.717) is 11.2 Å². The van der Waals surface area contributed by atoms with Gasteiger partial charge in [-0.2, -0.15) is 13.2 Å². The number of hydrogen-bond donors (Lipinski definition) is 0. The Morgan fingerprint density at radius 1 is 1.24 bits per heavy atom. The van der Waals surface area contributed by atoms with Gasteiger partial charge in [0.1, 0.15) is 11.6 Å². The van der Waals surface area contributed by atoms with Gasteiger partial charge in [-0.3, -0.25) is 0 Å². The van der Waals surface area contributed by atoms with Gasteiger partial charge in [-0.1, -0.05) is 15.9 Å². The summed E-state index contributed by atoms with van der Waals surface area (Å²) in [4.78, 5) is 0. The summed E-state index contributed by atoms with van der Waals surface area (Å²) in [5.41, 5.74) is -1.13. The molecule has 8 heteroatoms. The molecule has 0 aliphatic carbocycles. The second-order valence-corrected chi connectivity index (χ2v) is 5.29. The molecule has 0 N–H and O–H groups in total. The van der Waals surface area contributed by atoms with Crippen molar-refractivity contribution in [3.8, 4) is 11.4 Å². The van der Waals surface area contributed by atoms with Gasteiger partial charge in [-0.15, -0.1) is 10.2 Å². The zero-order valence-electron chi connectivity index (χ0n) is 11.2. The van der Waals surface area contributed by atoms with Crippen LogP contribution in [0.5, 0.6) is 0 Å². The smallest absolute Gasteiger partial charge is 0.308 e. The maximum absolute atomic E-state index is 13.3. The fourth-order valence-electron chi connectivity index (χ4n) is 2.04. The predicted molar refractivity (Wildman–Crippen MR) is 73.4 cm³/mol. The van der Waals surface area contributed by atoms with Crippen LogP contribution in [0.1, 0.15) is 31.3 Å². The van der Waals surface area contributed by atoms with Gasteiger partial charge in [-0.05, 0) is 32.0 Å². The van der Waals surface area contributed by atoms with E-state index in [1.54, 1.807) is 4.57 Å². The zero-order chi connectivity index (χ0) is 15.8. The molecule has 21 heavy (non-hydrogen) atoms. The minimum absolute atomic E-state index is 0.0399. The van der Waals surface area contributed by atoms with E-state index in [9.17, 15) is 17.6 Å². The summed E-state index contributed by atoms with van der Waals surface area (Å²) >= 11 is 3.26. The van der Waals surface area contributed by atoms with Gasteiger partial charge >= 0.3 is 6.18 Å². The van der Waals surface area contributed by atoms with Gasteiger partial charge in [0.05, 0.1) is 10.9 Å². The number of benzene rings is 1. The summed E-state index contributed by atoms with van der Waals surface area (Å²) in [7, 11) is 0. The monoisotopic (exact) mass is 365 g/mol. The standard InChI is InChI=1S/C13H12BrF4N3/c1-7(2)21-11(6-14)19-20-12(21)8-3-4-10(15)9(5-8)13(16,17)18/h3-5,7H,6H2,1-2H3. The van der Waals surface area contributed by atoms with Crippen LogP contribution in [-0.2, 0) is 11.5 Å². The van der Waals surface area contributed by atoms with Gasteiger partial charge in [-0.25, -0.2) is 4.39 Å². The molecule has 0 unspecified atom stereocenters. The van der Waals surface area contributed by atoms with Crippen molar-refractivity contribution in [2.75, 3.05) is 0 Å². The molecule has 1 aromatic carbocycles. The maximum Gasteiger partial charge on any atom is 0.419 e. The van der Waals surface area contributed by atoms with Crippen molar-refractivity contribution >= 4 is 15.9 Å². The van der Waals surface area contributed by atoms with Crippen LogP contribution in [0.3, 0.4) is 0 Å². The highest BCUT2D eigenvalue weighted by Gasteiger charge is 2.34. The lowest BCUT2D eigenvalue weighted by Gasteiger charge is -2.14. The van der Waals surface area contributed by atoms with Gasteiger partial charge in [0.25, 0.3) is 0 Å². The highest BCUT2D eigenvalue weighted by atomic mass is 79.9. The molecule has 114 valence electrons. The van der Waals surface area contributed by atoms with Crippen molar-refractivity contribution in [2.24, 2.45) is 0 Å². The average molecular weight is 366 g/mol. The van der Waals surface area contributed by atoms with Crippen LogP contribution in [-0.4, -0.2) is 14.8 Å². The molecule has 1 aromatic heterocycles. The first-order valence-corrected chi connectivity index (χ1v) is 7.24. The van der Waals surface area contributed by atoms with Crippen LogP contribution in [0.25, 0.3) is 11.4 Å². The van der Waals surface area contributed by atoms with Crippen molar-refractivity contribution < 1.29 is 17.6 Å². The number of hydrogen-bond acceptors (Lipinski definition) is 2. The Morgan fingerprint density at radius 2 is 1.90 bits per heavy atom. The quantitative estimate of drug-likeness (QED) is 0.588. The van der Waals surface area contributed by atoms with Crippen LogP contribution in [0.4, 0.5) is 17.6 Å². The molecule has 0 aliphatic heterocycles. The number of nitrogens with zero attached hydrogens (tertiary/aromatic N) is 3. The van der Waals surface area contributed by atoms with Crippen molar-refractivity contribution in [3.63, 3.8) is 0 Å². The Balaban J connectivity index is 2.61. The lowest BCUT2D eigenvalue weighted by molar-refractivity contribution is -0.139. The third-order valence-electron chi connectivity index (χ3n) is 2.93. The van der Waals surface area contributed by atoms with Crippen LogP contribution in [0.15, 0.2) is 18.2 Å². The fraction of sp³-hybridized carbons (Fsp3) is 0.385. The minimum atomic E-state index is -4.75. The van der Waals surface area contributed by atoms with Crippen molar-refractivity contribution in [2.45, 2.75) is 31.4 Å². The summed E-state index contributed by atoms with van der Waals surface area (Å²) in [6, 6.07) is 2.79. The van der Waals surface area contributed by atoms with E-state index >= 15 is 0 Å². The first-order chi connectivity index (χ1) is 9.75. The van der Waals surface area contributed by atoms with Crippen molar-refractivity contribution in [1.29, 1.82) is 0 Å². The second-order valence-electron chi connectivity index (χ2n) is 4.73. The molecule has 0 saturated carbocycles. The number of rotatable bonds is 3. The van der Waals surface area contributed by atoms with E-state index in [2.05, 4.69) is 26.1 Å². The van der Waals surface area contributed by atoms with E-state index < -0.39 is 17.6 Å². The third kappa shape index (κ3) is 3.09. The second kappa shape index (κ2) is 5.75. The molecule has 1 heterocycles. The summed E-state index contributed by atoms with van der Waals surface area (Å²) in [5.74, 6) is -0.426. The Morgan fingerprint density at radius 3 is 2.43 bits per heavy atom.